The maximum absolute atomic E-state index is 12.0. The standard InChI is InChI=1S/C14H23NO5/c1-4-19-13(16)12(14(17)20-5-2)10-7-6-9(3)8-11(10)15-18/h9-10,12,18H,4-8H2,1-3H3/b15-11+/t9-,10+/m0/s1. The topological polar surface area (TPSA) is 85.2 Å². The molecule has 1 fully saturated rings. The van der Waals surface area contributed by atoms with Gasteiger partial charge in [-0.3, -0.25) is 9.59 Å². The Kier molecular flexibility index (Phi) is 6.48. The van der Waals surface area contributed by atoms with Gasteiger partial charge in [-0.15, -0.1) is 0 Å². The Morgan fingerprint density at radius 2 is 1.80 bits per heavy atom. The van der Waals surface area contributed by atoms with Gasteiger partial charge in [0.2, 0.25) is 0 Å². The lowest BCUT2D eigenvalue weighted by Crippen LogP contribution is -2.40. The largest absolute Gasteiger partial charge is 0.465 e. The van der Waals surface area contributed by atoms with Gasteiger partial charge in [0, 0.05) is 5.92 Å². The van der Waals surface area contributed by atoms with Gasteiger partial charge in [0.05, 0.1) is 18.9 Å². The van der Waals surface area contributed by atoms with Crippen molar-refractivity contribution in [3.05, 3.63) is 0 Å². The molecular formula is C14H23NO5. The third-order valence-electron chi connectivity index (χ3n) is 3.57. The summed E-state index contributed by atoms with van der Waals surface area (Å²) in [6.45, 7) is 5.81. The average Bonchev–Trinajstić information content (AvgIpc) is 2.41. The molecule has 0 amide bonds. The lowest BCUT2D eigenvalue weighted by molar-refractivity contribution is -0.163. The molecule has 0 aromatic heterocycles. The molecule has 0 heterocycles. The quantitative estimate of drug-likeness (QED) is 0.361. The van der Waals surface area contributed by atoms with Crippen LogP contribution in [0.2, 0.25) is 0 Å². The molecule has 0 aliphatic heterocycles. The van der Waals surface area contributed by atoms with Gasteiger partial charge in [0.25, 0.3) is 0 Å². The maximum Gasteiger partial charge on any atom is 0.321 e. The van der Waals surface area contributed by atoms with Crippen LogP contribution in [-0.4, -0.2) is 36.1 Å². The molecule has 20 heavy (non-hydrogen) atoms. The highest BCUT2D eigenvalue weighted by Crippen LogP contribution is 2.33. The summed E-state index contributed by atoms with van der Waals surface area (Å²) in [5.74, 6) is -2.30. The minimum absolute atomic E-state index is 0.198. The molecule has 0 aromatic carbocycles. The molecule has 0 saturated heterocycles. The zero-order valence-electron chi connectivity index (χ0n) is 12.3. The van der Waals surface area contributed by atoms with E-state index in [1.165, 1.54) is 0 Å². The third-order valence-corrected chi connectivity index (χ3v) is 3.57. The minimum Gasteiger partial charge on any atom is -0.465 e. The first-order valence-electron chi connectivity index (χ1n) is 7.09. The molecule has 114 valence electrons. The van der Waals surface area contributed by atoms with Crippen LogP contribution in [0.3, 0.4) is 0 Å². The second-order valence-electron chi connectivity index (χ2n) is 5.07. The van der Waals surface area contributed by atoms with Gasteiger partial charge < -0.3 is 14.7 Å². The number of rotatable bonds is 5. The lowest BCUT2D eigenvalue weighted by Gasteiger charge is -2.30. The molecule has 0 bridgehead atoms. The number of esters is 2. The van der Waals surface area contributed by atoms with E-state index in [9.17, 15) is 9.59 Å². The highest BCUT2D eigenvalue weighted by Gasteiger charge is 2.42. The first kappa shape index (κ1) is 16.5. The van der Waals surface area contributed by atoms with Crippen LogP contribution >= 0.6 is 0 Å². The van der Waals surface area contributed by atoms with Gasteiger partial charge in [-0.05, 0) is 39.0 Å². The Balaban J connectivity index is 2.96. The summed E-state index contributed by atoms with van der Waals surface area (Å²) in [6, 6.07) is 0. The van der Waals surface area contributed by atoms with E-state index in [-0.39, 0.29) is 13.2 Å². The summed E-state index contributed by atoms with van der Waals surface area (Å²) in [7, 11) is 0. The van der Waals surface area contributed by atoms with Gasteiger partial charge in [-0.25, -0.2) is 0 Å². The normalized spacial score (nSPS) is 24.7. The zero-order chi connectivity index (χ0) is 15.1. The molecule has 2 atom stereocenters. The van der Waals surface area contributed by atoms with E-state index < -0.39 is 23.8 Å². The molecule has 0 radical (unpaired) electrons. The Labute approximate surface area is 119 Å². The Hall–Kier alpha value is -1.59. The van der Waals surface area contributed by atoms with Gasteiger partial charge in [-0.1, -0.05) is 12.1 Å². The fourth-order valence-corrected chi connectivity index (χ4v) is 2.60. The lowest BCUT2D eigenvalue weighted by atomic mass is 9.75. The number of hydrogen-bond donors (Lipinski definition) is 1. The molecule has 6 heteroatoms. The van der Waals surface area contributed by atoms with Crippen molar-refractivity contribution in [1.82, 2.24) is 0 Å². The fourth-order valence-electron chi connectivity index (χ4n) is 2.60. The molecule has 1 aliphatic carbocycles. The number of nitrogens with zero attached hydrogens (tertiary/aromatic N) is 1. The van der Waals surface area contributed by atoms with Crippen molar-refractivity contribution in [3.63, 3.8) is 0 Å². The number of ether oxygens (including phenoxy) is 2. The van der Waals surface area contributed by atoms with E-state index in [1.807, 2.05) is 6.92 Å². The first-order valence-corrected chi connectivity index (χ1v) is 7.09. The summed E-state index contributed by atoms with van der Waals surface area (Å²) in [5.41, 5.74) is 0.481. The van der Waals surface area contributed by atoms with Gasteiger partial charge in [0.15, 0.2) is 5.92 Å². The van der Waals surface area contributed by atoms with E-state index in [2.05, 4.69) is 5.16 Å². The molecule has 6 nitrogen and oxygen atoms in total. The second-order valence-corrected chi connectivity index (χ2v) is 5.07. The monoisotopic (exact) mass is 285 g/mol. The predicted molar refractivity (Wildman–Crippen MR) is 72.5 cm³/mol. The fraction of sp³-hybridized carbons (Fsp3) is 0.786. The molecular weight excluding hydrogens is 262 g/mol. The van der Waals surface area contributed by atoms with Crippen molar-refractivity contribution in [2.75, 3.05) is 13.2 Å². The van der Waals surface area contributed by atoms with Crippen molar-refractivity contribution in [2.45, 2.75) is 40.0 Å². The summed E-state index contributed by atoms with van der Waals surface area (Å²) in [5, 5.41) is 12.4. The van der Waals surface area contributed by atoms with E-state index >= 15 is 0 Å². The van der Waals surface area contributed by atoms with Gasteiger partial charge in [-0.2, -0.15) is 0 Å². The van der Waals surface area contributed by atoms with Crippen molar-refractivity contribution in [3.8, 4) is 0 Å². The van der Waals surface area contributed by atoms with Crippen LogP contribution in [0.4, 0.5) is 0 Å². The summed E-state index contributed by atoms with van der Waals surface area (Å²) in [6.07, 6.45) is 2.07. The highest BCUT2D eigenvalue weighted by atomic mass is 16.6. The third kappa shape index (κ3) is 3.95. The van der Waals surface area contributed by atoms with Crippen LogP contribution < -0.4 is 0 Å². The van der Waals surface area contributed by atoms with Gasteiger partial charge >= 0.3 is 11.9 Å². The number of carbonyl (C=O) groups is 2. The number of oxime groups is 1. The van der Waals surface area contributed by atoms with Crippen molar-refractivity contribution in [1.29, 1.82) is 0 Å². The summed E-state index contributed by atoms with van der Waals surface area (Å²) >= 11 is 0. The second kappa shape index (κ2) is 7.87. The number of hydrogen-bond acceptors (Lipinski definition) is 6. The first-order chi connectivity index (χ1) is 9.54. The summed E-state index contributed by atoms with van der Waals surface area (Å²) < 4.78 is 9.94. The van der Waals surface area contributed by atoms with E-state index in [1.54, 1.807) is 13.8 Å². The Morgan fingerprint density at radius 1 is 1.25 bits per heavy atom. The van der Waals surface area contributed by atoms with Gasteiger partial charge in [0.1, 0.15) is 0 Å². The van der Waals surface area contributed by atoms with Crippen LogP contribution in [-0.2, 0) is 19.1 Å². The Bertz CT molecular complexity index is 362. The van der Waals surface area contributed by atoms with E-state index in [0.29, 0.717) is 24.5 Å². The van der Waals surface area contributed by atoms with E-state index in [0.717, 1.165) is 6.42 Å². The molecule has 0 unspecified atom stereocenters. The maximum atomic E-state index is 12.0. The smallest absolute Gasteiger partial charge is 0.321 e. The number of carbonyl (C=O) groups excluding carboxylic acids is 2. The molecule has 0 spiro atoms. The van der Waals surface area contributed by atoms with E-state index in [4.69, 9.17) is 14.7 Å². The summed E-state index contributed by atoms with van der Waals surface area (Å²) in [4.78, 5) is 24.1. The molecule has 1 aliphatic rings. The van der Waals surface area contributed by atoms with Crippen LogP contribution in [0.25, 0.3) is 0 Å². The average molecular weight is 285 g/mol. The van der Waals surface area contributed by atoms with Crippen LogP contribution in [0.5, 0.6) is 0 Å². The molecule has 0 aromatic rings. The minimum atomic E-state index is -1.03. The molecule has 1 saturated carbocycles. The zero-order valence-corrected chi connectivity index (χ0v) is 12.3. The van der Waals surface area contributed by atoms with Crippen molar-refractivity contribution in [2.24, 2.45) is 22.9 Å². The SMILES string of the molecule is CCOC(=O)C(C(=O)OCC)[C@@H]1CC[C@H](C)C/C1=N\O. The van der Waals surface area contributed by atoms with Crippen LogP contribution in [0.1, 0.15) is 40.0 Å². The highest BCUT2D eigenvalue weighted by molar-refractivity contribution is 6.02. The Morgan fingerprint density at radius 3 is 2.25 bits per heavy atom. The van der Waals surface area contributed by atoms with Crippen molar-refractivity contribution >= 4 is 17.7 Å². The predicted octanol–water partition coefficient (Wildman–Crippen LogP) is 2.00. The van der Waals surface area contributed by atoms with Crippen LogP contribution in [0.15, 0.2) is 5.16 Å². The van der Waals surface area contributed by atoms with Crippen LogP contribution in [0, 0.1) is 17.8 Å². The van der Waals surface area contributed by atoms with Crippen molar-refractivity contribution < 1.29 is 24.3 Å². The molecule has 1 rings (SSSR count). The molecule has 1 N–H and O–H groups in total.